The second kappa shape index (κ2) is 15.0. The van der Waals surface area contributed by atoms with E-state index in [2.05, 4.69) is 68.5 Å². The lowest BCUT2D eigenvalue weighted by Crippen LogP contribution is -2.35. The van der Waals surface area contributed by atoms with Gasteiger partial charge >= 0.3 is 6.01 Å². The molecule has 3 aliphatic rings. The van der Waals surface area contributed by atoms with Crippen LogP contribution in [0.5, 0.6) is 6.01 Å². The van der Waals surface area contributed by atoms with Gasteiger partial charge in [-0.05, 0) is 49.4 Å². The first kappa shape index (κ1) is 29.0. The lowest BCUT2D eigenvalue weighted by Gasteiger charge is -2.24. The fourth-order valence-electron chi connectivity index (χ4n) is 4.58. The topological polar surface area (TPSA) is 118 Å². The maximum atomic E-state index is 12.2. The molecule has 1 aromatic carbocycles. The van der Waals surface area contributed by atoms with Gasteiger partial charge < -0.3 is 30.7 Å². The lowest BCUT2D eigenvalue weighted by molar-refractivity contribution is -0.115. The Bertz CT molecular complexity index is 1060. The normalized spacial score (nSPS) is 17.5. The summed E-state index contributed by atoms with van der Waals surface area (Å²) in [5.41, 5.74) is 9.05. The van der Waals surface area contributed by atoms with Crippen molar-refractivity contribution in [2.24, 2.45) is 5.92 Å². The zero-order valence-corrected chi connectivity index (χ0v) is 23.6. The Morgan fingerprint density at radius 2 is 1.95 bits per heavy atom. The van der Waals surface area contributed by atoms with Crippen LogP contribution >= 0.6 is 0 Å². The van der Waals surface area contributed by atoms with E-state index < -0.39 is 0 Å². The van der Waals surface area contributed by atoms with Crippen molar-refractivity contribution < 1.29 is 14.3 Å². The lowest BCUT2D eigenvalue weighted by atomic mass is 10.1. The largest absolute Gasteiger partial charge is 0.463 e. The summed E-state index contributed by atoms with van der Waals surface area (Å²) < 4.78 is 10.9. The number of aromatic nitrogens is 2. The van der Waals surface area contributed by atoms with Crippen LogP contribution in [0.3, 0.4) is 0 Å². The number of unbranched alkanes of at least 4 members (excludes halogenated alkanes) is 1. The summed E-state index contributed by atoms with van der Waals surface area (Å²) in [5, 5.41) is 6.40. The molecule has 10 heteroatoms. The van der Waals surface area contributed by atoms with Gasteiger partial charge in [0.05, 0.1) is 19.8 Å². The summed E-state index contributed by atoms with van der Waals surface area (Å²) in [4.78, 5) is 25.5. The van der Waals surface area contributed by atoms with E-state index in [0.717, 1.165) is 63.7 Å². The molecule has 39 heavy (non-hydrogen) atoms. The Labute approximate surface area is 232 Å². The Hall–Kier alpha value is -2.95. The first-order valence-electron chi connectivity index (χ1n) is 14.5. The van der Waals surface area contributed by atoms with Crippen LogP contribution in [-0.4, -0.2) is 73.3 Å². The number of amides is 1. The van der Waals surface area contributed by atoms with Gasteiger partial charge in [0.2, 0.25) is 5.91 Å². The molecule has 5 rings (SSSR count). The molecule has 2 aromatic rings. The monoisotopic (exact) mass is 539 g/mol. The van der Waals surface area contributed by atoms with Crippen LogP contribution in [0.2, 0.25) is 0 Å². The van der Waals surface area contributed by atoms with Crippen molar-refractivity contribution in [1.29, 1.82) is 0 Å². The Kier molecular flexibility index (Phi) is 11.2. The first-order valence-corrected chi connectivity index (χ1v) is 14.5. The molecular weight excluding hydrogens is 494 g/mol. The van der Waals surface area contributed by atoms with Crippen molar-refractivity contribution in [3.8, 4) is 6.01 Å². The minimum Gasteiger partial charge on any atom is -0.463 e. The number of nitrogens with two attached hydrogens (primary N) is 1. The molecule has 3 heterocycles. The van der Waals surface area contributed by atoms with Crippen LogP contribution < -0.4 is 26.0 Å². The van der Waals surface area contributed by atoms with Gasteiger partial charge in [0.15, 0.2) is 11.6 Å². The first-order chi connectivity index (χ1) is 19.1. The molecule has 1 aromatic heterocycles. The van der Waals surface area contributed by atoms with Gasteiger partial charge in [0, 0.05) is 39.1 Å². The number of nitrogens with one attached hydrogen (secondary N) is 2. The number of hydrogen-bond acceptors (Lipinski definition) is 9. The minimum absolute atomic E-state index is 0.0864. The molecule has 1 aliphatic carbocycles. The molecule has 2 aliphatic heterocycles. The number of nitrogens with zero attached hydrogens (tertiary/aromatic N) is 4. The Morgan fingerprint density at radius 3 is 2.67 bits per heavy atom. The second-order valence-electron chi connectivity index (χ2n) is 10.5. The smallest absolute Gasteiger partial charge is 0.320 e. The maximum absolute atomic E-state index is 12.2. The van der Waals surface area contributed by atoms with Gasteiger partial charge in [-0.15, -0.1) is 0 Å². The fourth-order valence-corrected chi connectivity index (χ4v) is 4.58. The molecule has 0 spiro atoms. The summed E-state index contributed by atoms with van der Waals surface area (Å²) in [5.74, 6) is 1.62. The number of benzene rings is 1. The highest BCUT2D eigenvalue weighted by Crippen LogP contribution is 2.34. The molecule has 2 fully saturated rings. The molecule has 0 radical (unpaired) electrons. The number of ether oxygens (including phenoxy) is 2. The summed E-state index contributed by atoms with van der Waals surface area (Å²) in [6.07, 6.45) is 5.01. The molecule has 4 N–H and O–H groups in total. The number of morpholine rings is 1. The predicted molar refractivity (Wildman–Crippen MR) is 155 cm³/mol. The van der Waals surface area contributed by atoms with E-state index in [1.54, 1.807) is 0 Å². The number of anilines is 3. The summed E-state index contributed by atoms with van der Waals surface area (Å²) >= 11 is 0. The Balaban J connectivity index is 0.000000379. The van der Waals surface area contributed by atoms with Gasteiger partial charge in [0.25, 0.3) is 0 Å². The molecule has 214 valence electrons. The SMILES string of the molecule is CCCCOc1nc(N)c2c(n1)N(Cc1cccc(CNCC3CC3)c1)CCC(=O)N2.CCN1CCOCC1. The van der Waals surface area contributed by atoms with Crippen LogP contribution in [-0.2, 0) is 22.6 Å². The quantitative estimate of drug-likeness (QED) is 0.369. The molecule has 1 saturated carbocycles. The van der Waals surface area contributed by atoms with Crippen molar-refractivity contribution in [1.82, 2.24) is 20.2 Å². The number of carbonyl (C=O) groups is 1. The predicted octanol–water partition coefficient (Wildman–Crippen LogP) is 3.42. The van der Waals surface area contributed by atoms with Crippen molar-refractivity contribution >= 4 is 23.2 Å². The average Bonchev–Trinajstić information content (AvgIpc) is 3.79. The zero-order valence-electron chi connectivity index (χ0n) is 23.6. The van der Waals surface area contributed by atoms with E-state index >= 15 is 0 Å². The van der Waals surface area contributed by atoms with E-state index in [-0.39, 0.29) is 17.7 Å². The van der Waals surface area contributed by atoms with E-state index in [1.165, 1.54) is 24.9 Å². The van der Waals surface area contributed by atoms with E-state index in [1.807, 2.05) is 0 Å². The summed E-state index contributed by atoms with van der Waals surface area (Å²) in [6, 6.07) is 8.80. The van der Waals surface area contributed by atoms with Gasteiger partial charge in [-0.3, -0.25) is 9.69 Å². The van der Waals surface area contributed by atoms with Crippen molar-refractivity contribution in [2.75, 3.05) is 68.5 Å². The van der Waals surface area contributed by atoms with Gasteiger partial charge in [-0.25, -0.2) is 0 Å². The van der Waals surface area contributed by atoms with E-state index in [4.69, 9.17) is 15.2 Å². The second-order valence-corrected chi connectivity index (χ2v) is 10.5. The van der Waals surface area contributed by atoms with Crippen LogP contribution in [0.15, 0.2) is 24.3 Å². The zero-order chi connectivity index (χ0) is 27.5. The minimum atomic E-state index is -0.0864. The summed E-state index contributed by atoms with van der Waals surface area (Å²) in [6.45, 7) is 13.2. The highest BCUT2D eigenvalue weighted by atomic mass is 16.5. The molecule has 1 amide bonds. The standard InChI is InChI=1S/C23H32N6O2.C6H13NO/c1-2-3-11-31-23-27-21(24)20-22(28-23)29(10-9-19(30)26-20)15-18-6-4-5-17(12-18)14-25-13-16-7-8-16;1-2-7-3-5-8-6-4-7/h4-6,12,16,25H,2-3,7-11,13-15H2,1H3,(H,26,30)(H2,24,27,28);2-6H2,1H3. The molecule has 0 bridgehead atoms. The highest BCUT2D eigenvalue weighted by molar-refractivity contribution is 5.98. The Morgan fingerprint density at radius 1 is 1.15 bits per heavy atom. The van der Waals surface area contributed by atoms with E-state index in [0.29, 0.717) is 37.6 Å². The van der Waals surface area contributed by atoms with Gasteiger partial charge in [-0.2, -0.15) is 9.97 Å². The highest BCUT2D eigenvalue weighted by Gasteiger charge is 2.25. The number of rotatable bonds is 11. The van der Waals surface area contributed by atoms with E-state index in [9.17, 15) is 4.79 Å². The van der Waals surface area contributed by atoms with Crippen molar-refractivity contribution in [2.45, 2.75) is 59.0 Å². The third-order valence-electron chi connectivity index (χ3n) is 7.17. The van der Waals surface area contributed by atoms with Crippen LogP contribution in [0, 0.1) is 5.92 Å². The van der Waals surface area contributed by atoms with Gasteiger partial charge in [0.1, 0.15) is 5.69 Å². The van der Waals surface area contributed by atoms with Crippen molar-refractivity contribution in [3.05, 3.63) is 35.4 Å². The third kappa shape index (κ3) is 9.33. The third-order valence-corrected chi connectivity index (χ3v) is 7.17. The number of hydrogen-bond donors (Lipinski definition) is 3. The molecule has 0 atom stereocenters. The number of nitrogen functional groups attached to an aromatic ring is 1. The molecule has 1 saturated heterocycles. The number of carbonyl (C=O) groups excluding carboxylic acids is 1. The van der Waals surface area contributed by atoms with Crippen LogP contribution in [0.25, 0.3) is 0 Å². The molecule has 10 nitrogen and oxygen atoms in total. The van der Waals surface area contributed by atoms with Crippen molar-refractivity contribution in [3.63, 3.8) is 0 Å². The van der Waals surface area contributed by atoms with Crippen LogP contribution in [0.1, 0.15) is 57.1 Å². The number of fused-ring (bicyclic) bond motifs is 1. The van der Waals surface area contributed by atoms with Crippen LogP contribution in [0.4, 0.5) is 17.3 Å². The average molecular weight is 540 g/mol. The number of likely N-dealkylation sites (N-methyl/N-ethyl adjacent to an activating group) is 1. The molecular formula is C29H45N7O3. The van der Waals surface area contributed by atoms with Gasteiger partial charge in [-0.1, -0.05) is 44.5 Å². The maximum Gasteiger partial charge on any atom is 0.320 e. The fraction of sp³-hybridized carbons (Fsp3) is 0.621. The molecule has 0 unspecified atom stereocenters. The summed E-state index contributed by atoms with van der Waals surface area (Å²) in [7, 11) is 0.